The standard InChI is InChI=1S/C13H9.C13H10.C7H9.Zr/c1-3-7-12-10(5-1)9-11-6-2-4-8-13(11)12;1-3-7-12(8-4-1)11-13-9-5-2-6-10-13;1-6-4-3-5-7(6)2;/h1-5,7-8H,9H2;1-10H;4H,5H2,1-2H3;. The summed E-state index contributed by atoms with van der Waals surface area (Å²) in [6.07, 6.45) is 4.72. The van der Waals surface area contributed by atoms with Crippen molar-refractivity contribution in [3.63, 3.8) is 0 Å². The Hall–Kier alpha value is -2.89. The van der Waals surface area contributed by atoms with Gasteiger partial charge in [-0.3, -0.25) is 0 Å². The molecule has 0 spiro atoms. The molecule has 6 rings (SSSR count). The van der Waals surface area contributed by atoms with Gasteiger partial charge in [0.1, 0.15) is 0 Å². The Morgan fingerprint density at radius 1 is 0.618 bits per heavy atom. The molecule has 0 amide bonds. The van der Waals surface area contributed by atoms with Crippen molar-refractivity contribution < 1.29 is 21.3 Å². The molecular weight excluding hydrogens is 488 g/mol. The molecule has 2 aliphatic rings. The number of rotatable bonds is 4. The predicted molar refractivity (Wildman–Crippen MR) is 141 cm³/mol. The van der Waals surface area contributed by atoms with Gasteiger partial charge in [0.25, 0.3) is 0 Å². The Labute approximate surface area is 210 Å². The molecule has 164 valence electrons. The number of fused-ring (bicyclic) bond motifs is 3. The van der Waals surface area contributed by atoms with E-state index in [1.807, 2.05) is 0 Å². The summed E-state index contributed by atoms with van der Waals surface area (Å²) < 4.78 is 4.94. The Kier molecular flexibility index (Phi) is 5.76. The van der Waals surface area contributed by atoms with Gasteiger partial charge in [-0.1, -0.05) is 0 Å². The monoisotopic (exact) mass is 514 g/mol. The molecule has 0 atom stereocenters. The van der Waals surface area contributed by atoms with Crippen LogP contribution in [0.15, 0.2) is 124 Å². The summed E-state index contributed by atoms with van der Waals surface area (Å²) in [5, 5.41) is 0. The molecule has 34 heavy (non-hydrogen) atoms. The van der Waals surface area contributed by atoms with E-state index in [-0.39, 0.29) is 0 Å². The second kappa shape index (κ2) is 9.05. The van der Waals surface area contributed by atoms with Gasteiger partial charge < -0.3 is 0 Å². The van der Waals surface area contributed by atoms with Gasteiger partial charge in [-0.05, 0) is 0 Å². The van der Waals surface area contributed by atoms with Crippen LogP contribution in [-0.2, 0) is 27.7 Å². The maximum atomic E-state index is 2.54. The molecule has 0 unspecified atom stereocenters. The second-order valence-electron chi connectivity index (χ2n) is 9.46. The van der Waals surface area contributed by atoms with Gasteiger partial charge >= 0.3 is 211 Å². The van der Waals surface area contributed by atoms with Crippen molar-refractivity contribution >= 4 is 6.48 Å². The Morgan fingerprint density at radius 2 is 1.24 bits per heavy atom. The van der Waals surface area contributed by atoms with Gasteiger partial charge in [0.15, 0.2) is 0 Å². The SMILES string of the molecule is CC1=C(C)C[C]([Zr](=[C](c2ccccc2)c2ccccc2)[c]2cccc3c2Cc2ccccc2-3)=C1. The Bertz CT molecular complexity index is 1440. The number of hydrogen-bond donors (Lipinski definition) is 0. The molecule has 4 aromatic carbocycles. The third-order valence-electron chi connectivity index (χ3n) is 7.34. The van der Waals surface area contributed by atoms with E-state index in [0.717, 1.165) is 12.8 Å². The molecule has 1 heteroatoms. The first-order chi connectivity index (χ1) is 16.7. The topological polar surface area (TPSA) is 0 Å². The quantitative estimate of drug-likeness (QED) is 0.234. The molecule has 0 N–H and O–H groups in total. The van der Waals surface area contributed by atoms with Crippen LogP contribution < -0.4 is 3.27 Å². The van der Waals surface area contributed by atoms with Crippen LogP contribution in [-0.4, -0.2) is 3.21 Å². The van der Waals surface area contributed by atoms with Crippen LogP contribution in [0, 0.1) is 0 Å². The van der Waals surface area contributed by atoms with Gasteiger partial charge in [-0.25, -0.2) is 0 Å². The molecule has 0 aliphatic heterocycles. The molecule has 4 aromatic rings. The van der Waals surface area contributed by atoms with Crippen molar-refractivity contribution in [2.75, 3.05) is 0 Å². The van der Waals surface area contributed by atoms with Crippen molar-refractivity contribution in [1.29, 1.82) is 0 Å². The van der Waals surface area contributed by atoms with E-state index in [2.05, 4.69) is 123 Å². The second-order valence-corrected chi connectivity index (χ2v) is 15.4. The van der Waals surface area contributed by atoms with Gasteiger partial charge in [-0.15, -0.1) is 0 Å². The zero-order chi connectivity index (χ0) is 23.1. The van der Waals surface area contributed by atoms with E-state index in [1.54, 1.807) is 15.3 Å². The average molecular weight is 516 g/mol. The molecule has 0 nitrogen and oxygen atoms in total. The third-order valence-corrected chi connectivity index (χ3v) is 14.8. The van der Waals surface area contributed by atoms with Crippen LogP contribution in [0.3, 0.4) is 0 Å². The molecule has 0 aromatic heterocycles. The van der Waals surface area contributed by atoms with Crippen LogP contribution in [0.2, 0.25) is 0 Å². The number of allylic oxidation sites excluding steroid dienone is 4. The van der Waals surface area contributed by atoms with Crippen LogP contribution >= 0.6 is 0 Å². The predicted octanol–water partition coefficient (Wildman–Crippen LogP) is 7.39. The summed E-state index contributed by atoms with van der Waals surface area (Å²) in [4.78, 5) is 0. The van der Waals surface area contributed by atoms with Gasteiger partial charge in [0.2, 0.25) is 0 Å². The minimum absolute atomic E-state index is 1.06. The van der Waals surface area contributed by atoms with Gasteiger partial charge in [0, 0.05) is 0 Å². The first-order valence-electron chi connectivity index (χ1n) is 12.1. The van der Waals surface area contributed by atoms with E-state index in [9.17, 15) is 0 Å². The fraction of sp³-hybridized carbons (Fsp3) is 0.121. The zero-order valence-electron chi connectivity index (χ0n) is 19.8. The van der Waals surface area contributed by atoms with Crippen LogP contribution in [0.5, 0.6) is 0 Å². The van der Waals surface area contributed by atoms with Crippen LogP contribution in [0.25, 0.3) is 11.1 Å². The fourth-order valence-corrected chi connectivity index (χ4v) is 14.0. The van der Waals surface area contributed by atoms with E-state index in [0.29, 0.717) is 0 Å². The van der Waals surface area contributed by atoms with E-state index < -0.39 is 21.3 Å². The molecular formula is C33H28Zr. The molecule has 0 radical (unpaired) electrons. The van der Waals surface area contributed by atoms with Crippen molar-refractivity contribution in [2.24, 2.45) is 0 Å². The summed E-state index contributed by atoms with van der Waals surface area (Å²) in [5.74, 6) is 0. The molecule has 0 saturated carbocycles. The van der Waals surface area contributed by atoms with E-state index in [4.69, 9.17) is 0 Å². The summed E-state index contributed by atoms with van der Waals surface area (Å²) in [5.41, 5.74) is 11.7. The first kappa shape index (κ1) is 21.6. The summed E-state index contributed by atoms with van der Waals surface area (Å²) >= 11 is -2.54. The normalized spacial score (nSPS) is 14.0. The summed E-state index contributed by atoms with van der Waals surface area (Å²) in [6.45, 7) is 4.61. The number of benzene rings is 4. The van der Waals surface area contributed by atoms with Crippen molar-refractivity contribution in [3.8, 4) is 11.1 Å². The Balaban J connectivity index is 1.68. The van der Waals surface area contributed by atoms with Crippen molar-refractivity contribution in [1.82, 2.24) is 0 Å². The minimum atomic E-state index is -2.54. The van der Waals surface area contributed by atoms with Crippen LogP contribution in [0.4, 0.5) is 0 Å². The summed E-state index contributed by atoms with van der Waals surface area (Å²) in [7, 11) is 0. The van der Waals surface area contributed by atoms with Gasteiger partial charge in [0.05, 0.1) is 0 Å². The number of hydrogen-bond acceptors (Lipinski definition) is 0. The van der Waals surface area contributed by atoms with Crippen LogP contribution in [0.1, 0.15) is 42.5 Å². The summed E-state index contributed by atoms with van der Waals surface area (Å²) in [6, 6.07) is 38.5. The third kappa shape index (κ3) is 3.77. The Morgan fingerprint density at radius 3 is 1.88 bits per heavy atom. The van der Waals surface area contributed by atoms with Crippen molar-refractivity contribution in [3.05, 3.63) is 146 Å². The maximum absolute atomic E-state index is 2.54. The molecule has 0 fully saturated rings. The van der Waals surface area contributed by atoms with Crippen molar-refractivity contribution in [2.45, 2.75) is 26.7 Å². The fourth-order valence-electron chi connectivity index (χ4n) is 5.55. The molecule has 0 heterocycles. The molecule has 2 aliphatic carbocycles. The zero-order valence-corrected chi connectivity index (χ0v) is 22.3. The van der Waals surface area contributed by atoms with E-state index in [1.165, 1.54) is 39.0 Å². The average Bonchev–Trinajstić information content (AvgIpc) is 3.43. The molecule has 0 saturated heterocycles. The van der Waals surface area contributed by atoms with Gasteiger partial charge in [-0.2, -0.15) is 0 Å². The molecule has 0 bridgehead atoms. The van der Waals surface area contributed by atoms with E-state index >= 15 is 0 Å². The first-order valence-corrected chi connectivity index (χ1v) is 15.8.